The molecule has 2 heterocycles. The van der Waals surface area contributed by atoms with E-state index in [0.717, 1.165) is 19.6 Å². The number of nitrogens with one attached hydrogen (secondary N) is 1. The molecule has 0 saturated carbocycles. The van der Waals surface area contributed by atoms with Crippen LogP contribution in [-0.4, -0.2) is 48.4 Å². The molecule has 2 saturated heterocycles. The van der Waals surface area contributed by atoms with Crippen LogP contribution in [0.5, 0.6) is 5.75 Å². The normalized spacial score (nSPS) is 21.8. The van der Waals surface area contributed by atoms with Crippen LogP contribution >= 0.6 is 0 Å². The summed E-state index contributed by atoms with van der Waals surface area (Å²) in [7, 11) is 0. The molecule has 2 aliphatic heterocycles. The predicted octanol–water partition coefficient (Wildman–Crippen LogP) is 4.18. The summed E-state index contributed by atoms with van der Waals surface area (Å²) in [6, 6.07) is 15.3. The Morgan fingerprint density at radius 1 is 0.966 bits per heavy atom. The Balaban J connectivity index is 1.27. The molecule has 0 spiro atoms. The average molecular weight is 405 g/mol. The predicted molar refractivity (Wildman–Crippen MR) is 102 cm³/mol. The molecule has 29 heavy (non-hydrogen) atoms. The first-order valence-corrected chi connectivity index (χ1v) is 9.54. The number of carbonyl (C=O) groups excluding carboxylic acids is 1. The second kappa shape index (κ2) is 7.94. The highest BCUT2D eigenvalue weighted by Crippen LogP contribution is 2.32. The summed E-state index contributed by atoms with van der Waals surface area (Å²) < 4.78 is 40.5. The lowest BCUT2D eigenvalue weighted by atomic mass is 10.0. The molecule has 2 fully saturated rings. The van der Waals surface area contributed by atoms with Gasteiger partial charge in [0.1, 0.15) is 5.75 Å². The molecule has 154 valence electrons. The SMILES string of the molecule is O=C(Nc1ccc(OC(F)(F)F)cc1)N1CC2CN(Cc3ccccc3)CC2C1. The summed E-state index contributed by atoms with van der Waals surface area (Å²) in [5.41, 5.74) is 1.73. The van der Waals surface area contributed by atoms with Gasteiger partial charge in [-0.05, 0) is 41.7 Å². The summed E-state index contributed by atoms with van der Waals surface area (Å²) in [6.45, 7) is 4.24. The van der Waals surface area contributed by atoms with Crippen molar-refractivity contribution in [3.05, 3.63) is 60.2 Å². The van der Waals surface area contributed by atoms with E-state index in [0.29, 0.717) is 30.6 Å². The van der Waals surface area contributed by atoms with Crippen LogP contribution in [0, 0.1) is 11.8 Å². The lowest BCUT2D eigenvalue weighted by molar-refractivity contribution is -0.274. The fourth-order valence-electron chi connectivity index (χ4n) is 4.17. The Morgan fingerprint density at radius 3 is 2.17 bits per heavy atom. The molecule has 5 nitrogen and oxygen atoms in total. The van der Waals surface area contributed by atoms with Crippen LogP contribution in [0.2, 0.25) is 0 Å². The van der Waals surface area contributed by atoms with Crippen LogP contribution in [0.15, 0.2) is 54.6 Å². The third-order valence-corrected chi connectivity index (χ3v) is 5.44. The molecule has 0 aliphatic carbocycles. The number of nitrogens with zero attached hydrogens (tertiary/aromatic N) is 2. The number of hydrogen-bond acceptors (Lipinski definition) is 3. The molecule has 0 radical (unpaired) electrons. The Labute approximate surface area is 167 Å². The number of hydrogen-bond donors (Lipinski definition) is 1. The molecule has 8 heteroatoms. The number of ether oxygens (including phenoxy) is 1. The molecule has 0 aromatic heterocycles. The van der Waals surface area contributed by atoms with Crippen LogP contribution in [0.25, 0.3) is 0 Å². The number of alkyl halides is 3. The van der Waals surface area contributed by atoms with Gasteiger partial charge in [0.15, 0.2) is 0 Å². The first kappa shape index (κ1) is 19.6. The number of likely N-dealkylation sites (tertiary alicyclic amines) is 2. The minimum atomic E-state index is -4.73. The van der Waals surface area contributed by atoms with Gasteiger partial charge >= 0.3 is 12.4 Å². The number of rotatable bonds is 4. The highest BCUT2D eigenvalue weighted by molar-refractivity contribution is 5.89. The van der Waals surface area contributed by atoms with Gasteiger partial charge in [0.05, 0.1) is 0 Å². The van der Waals surface area contributed by atoms with E-state index in [9.17, 15) is 18.0 Å². The first-order valence-electron chi connectivity index (χ1n) is 9.54. The van der Waals surface area contributed by atoms with Crippen LogP contribution in [0.3, 0.4) is 0 Å². The Morgan fingerprint density at radius 2 is 1.59 bits per heavy atom. The van der Waals surface area contributed by atoms with Gasteiger partial charge in [-0.1, -0.05) is 30.3 Å². The topological polar surface area (TPSA) is 44.8 Å². The van der Waals surface area contributed by atoms with Crippen LogP contribution < -0.4 is 10.1 Å². The Hall–Kier alpha value is -2.74. The zero-order valence-electron chi connectivity index (χ0n) is 15.7. The molecular weight excluding hydrogens is 383 g/mol. The monoisotopic (exact) mass is 405 g/mol. The van der Waals surface area contributed by atoms with E-state index in [2.05, 4.69) is 27.1 Å². The summed E-state index contributed by atoms with van der Waals surface area (Å²) in [4.78, 5) is 16.7. The zero-order chi connectivity index (χ0) is 20.4. The fourth-order valence-corrected chi connectivity index (χ4v) is 4.17. The average Bonchev–Trinajstić information content (AvgIpc) is 3.21. The van der Waals surface area contributed by atoms with E-state index in [1.807, 2.05) is 18.2 Å². The number of halogens is 3. The third kappa shape index (κ3) is 5.00. The minimum absolute atomic E-state index is 0.224. The Bertz CT molecular complexity index is 828. The maximum atomic E-state index is 12.5. The largest absolute Gasteiger partial charge is 0.573 e. The van der Waals surface area contributed by atoms with E-state index in [1.165, 1.54) is 29.8 Å². The van der Waals surface area contributed by atoms with E-state index in [1.54, 1.807) is 4.90 Å². The van der Waals surface area contributed by atoms with Crippen molar-refractivity contribution in [1.29, 1.82) is 0 Å². The molecule has 1 N–H and O–H groups in total. The number of fused-ring (bicyclic) bond motifs is 1. The standard InChI is InChI=1S/C21H22F3N3O2/c22-21(23,24)29-19-8-6-18(7-9-19)25-20(28)27-13-16-11-26(12-17(16)14-27)10-15-4-2-1-3-5-15/h1-9,16-17H,10-14H2,(H,25,28). The van der Waals surface area contributed by atoms with E-state index >= 15 is 0 Å². The van der Waals surface area contributed by atoms with Crippen molar-refractivity contribution in [2.75, 3.05) is 31.5 Å². The highest BCUT2D eigenvalue weighted by Gasteiger charge is 2.41. The molecule has 2 aromatic rings. The minimum Gasteiger partial charge on any atom is -0.406 e. The summed E-state index contributed by atoms with van der Waals surface area (Å²) in [5, 5.41) is 2.75. The van der Waals surface area contributed by atoms with Crippen LogP contribution in [0.4, 0.5) is 23.7 Å². The van der Waals surface area contributed by atoms with E-state index in [-0.39, 0.29) is 11.8 Å². The number of carbonyl (C=O) groups is 1. The van der Waals surface area contributed by atoms with Gasteiger partial charge in [0.2, 0.25) is 0 Å². The fraction of sp³-hybridized carbons (Fsp3) is 0.381. The zero-order valence-corrected chi connectivity index (χ0v) is 15.7. The summed E-state index contributed by atoms with van der Waals surface area (Å²) in [5.74, 6) is 0.587. The lowest BCUT2D eigenvalue weighted by Gasteiger charge is -2.22. The number of urea groups is 1. The van der Waals surface area contributed by atoms with Gasteiger partial charge in [-0.25, -0.2) is 4.79 Å². The molecule has 2 amide bonds. The summed E-state index contributed by atoms with van der Waals surface area (Å²) >= 11 is 0. The highest BCUT2D eigenvalue weighted by atomic mass is 19.4. The molecule has 0 bridgehead atoms. The van der Waals surface area contributed by atoms with Crippen molar-refractivity contribution in [2.45, 2.75) is 12.9 Å². The number of anilines is 1. The van der Waals surface area contributed by atoms with Gasteiger partial charge in [-0.2, -0.15) is 0 Å². The van der Waals surface area contributed by atoms with Crippen molar-refractivity contribution < 1.29 is 22.7 Å². The Kier molecular flexibility index (Phi) is 5.36. The number of benzene rings is 2. The quantitative estimate of drug-likeness (QED) is 0.830. The molecule has 2 aliphatic rings. The molecule has 4 rings (SSSR count). The third-order valence-electron chi connectivity index (χ3n) is 5.44. The molecule has 2 unspecified atom stereocenters. The van der Waals surface area contributed by atoms with Gasteiger partial charge in [0, 0.05) is 38.4 Å². The van der Waals surface area contributed by atoms with E-state index in [4.69, 9.17) is 0 Å². The van der Waals surface area contributed by atoms with Gasteiger partial charge < -0.3 is 15.0 Å². The smallest absolute Gasteiger partial charge is 0.406 e. The molecular formula is C21H22F3N3O2. The van der Waals surface area contributed by atoms with Crippen molar-refractivity contribution in [3.8, 4) is 5.75 Å². The van der Waals surface area contributed by atoms with Gasteiger partial charge in [0.25, 0.3) is 0 Å². The lowest BCUT2D eigenvalue weighted by Crippen LogP contribution is -2.36. The molecule has 2 atom stereocenters. The van der Waals surface area contributed by atoms with Crippen molar-refractivity contribution >= 4 is 11.7 Å². The number of amides is 2. The first-order chi connectivity index (χ1) is 13.9. The van der Waals surface area contributed by atoms with Gasteiger partial charge in [-0.15, -0.1) is 13.2 Å². The van der Waals surface area contributed by atoms with E-state index < -0.39 is 6.36 Å². The maximum Gasteiger partial charge on any atom is 0.573 e. The summed E-state index contributed by atoms with van der Waals surface area (Å²) in [6.07, 6.45) is -4.73. The van der Waals surface area contributed by atoms with Crippen molar-refractivity contribution in [1.82, 2.24) is 9.80 Å². The van der Waals surface area contributed by atoms with Crippen molar-refractivity contribution in [2.24, 2.45) is 11.8 Å². The second-order valence-electron chi connectivity index (χ2n) is 7.61. The molecule has 2 aromatic carbocycles. The van der Waals surface area contributed by atoms with Crippen molar-refractivity contribution in [3.63, 3.8) is 0 Å². The van der Waals surface area contributed by atoms with Gasteiger partial charge in [-0.3, -0.25) is 4.90 Å². The maximum absolute atomic E-state index is 12.5. The second-order valence-corrected chi connectivity index (χ2v) is 7.61. The van der Waals surface area contributed by atoms with Crippen LogP contribution in [0.1, 0.15) is 5.56 Å². The van der Waals surface area contributed by atoms with Crippen LogP contribution in [-0.2, 0) is 6.54 Å².